The summed E-state index contributed by atoms with van der Waals surface area (Å²) >= 11 is 0. The molecule has 0 unspecified atom stereocenters. The van der Waals surface area contributed by atoms with E-state index in [0.717, 1.165) is 16.8 Å². The van der Waals surface area contributed by atoms with E-state index in [9.17, 15) is 5.21 Å². The van der Waals surface area contributed by atoms with Gasteiger partial charge in [-0.05, 0) is 35.4 Å². The van der Waals surface area contributed by atoms with Gasteiger partial charge < -0.3 is 15.3 Å². The Balaban J connectivity index is 2.08. The highest BCUT2D eigenvalue weighted by Crippen LogP contribution is 2.16. The molecular formula is C16H17N2O2-. The summed E-state index contributed by atoms with van der Waals surface area (Å²) in [5.41, 5.74) is 3.45. The van der Waals surface area contributed by atoms with Gasteiger partial charge in [-0.1, -0.05) is 36.4 Å². The summed E-state index contributed by atoms with van der Waals surface area (Å²) in [6, 6.07) is 14.9. The van der Waals surface area contributed by atoms with E-state index >= 15 is 0 Å². The summed E-state index contributed by atoms with van der Waals surface area (Å²) in [6.07, 6.45) is 3.96. The molecule has 104 valence electrons. The fourth-order valence-corrected chi connectivity index (χ4v) is 1.79. The van der Waals surface area contributed by atoms with E-state index in [2.05, 4.69) is 17.0 Å². The zero-order chi connectivity index (χ0) is 14.5. The molecule has 0 aromatic heterocycles. The quantitative estimate of drug-likeness (QED) is 0.680. The molecule has 0 atom stereocenters. The molecule has 0 aliphatic carbocycles. The van der Waals surface area contributed by atoms with E-state index in [0.29, 0.717) is 0 Å². The maximum Gasteiger partial charge on any atom is 0.0509 e. The van der Waals surface area contributed by atoms with E-state index in [4.69, 9.17) is 5.21 Å². The monoisotopic (exact) mass is 269 g/mol. The molecule has 0 amide bonds. The van der Waals surface area contributed by atoms with E-state index in [1.807, 2.05) is 38.4 Å². The van der Waals surface area contributed by atoms with Crippen LogP contribution in [0, 0.1) is 5.21 Å². The van der Waals surface area contributed by atoms with Crippen LogP contribution in [-0.2, 0) is 0 Å². The molecule has 4 nitrogen and oxygen atoms in total. The van der Waals surface area contributed by atoms with Gasteiger partial charge in [-0.2, -0.15) is 0 Å². The lowest BCUT2D eigenvalue weighted by molar-refractivity contribution is 0.296. The second kappa shape index (κ2) is 6.23. The first-order valence-electron chi connectivity index (χ1n) is 6.28. The van der Waals surface area contributed by atoms with Crippen molar-refractivity contribution in [1.82, 2.24) is 0 Å². The second-order valence-corrected chi connectivity index (χ2v) is 4.68. The van der Waals surface area contributed by atoms with Gasteiger partial charge >= 0.3 is 0 Å². The zero-order valence-electron chi connectivity index (χ0n) is 11.5. The van der Waals surface area contributed by atoms with Crippen molar-refractivity contribution in [2.45, 2.75) is 0 Å². The SMILES string of the molecule is CN(C)c1ccc(C=Cc2ccc(N([O-])O)cc2)cc1. The number of hydrogen-bond donors (Lipinski definition) is 1. The second-order valence-electron chi connectivity index (χ2n) is 4.68. The van der Waals surface area contributed by atoms with Crippen LogP contribution in [0.15, 0.2) is 48.5 Å². The van der Waals surface area contributed by atoms with Crippen LogP contribution in [0.1, 0.15) is 11.1 Å². The van der Waals surface area contributed by atoms with Crippen molar-refractivity contribution < 1.29 is 5.21 Å². The third kappa shape index (κ3) is 3.60. The highest BCUT2D eigenvalue weighted by Gasteiger charge is 1.94. The van der Waals surface area contributed by atoms with Crippen molar-refractivity contribution in [3.8, 4) is 0 Å². The largest absolute Gasteiger partial charge is 0.733 e. The maximum atomic E-state index is 10.7. The van der Waals surface area contributed by atoms with E-state index in [-0.39, 0.29) is 10.9 Å². The Hall–Kier alpha value is -2.30. The minimum absolute atomic E-state index is 0.145. The zero-order valence-corrected chi connectivity index (χ0v) is 11.5. The van der Waals surface area contributed by atoms with E-state index < -0.39 is 0 Å². The molecule has 0 saturated carbocycles. The maximum absolute atomic E-state index is 10.7. The Morgan fingerprint density at radius 1 is 0.800 bits per heavy atom. The standard InChI is InChI=1S/C16H17N2O2/c1-17(2)15-9-5-13(6-10-15)3-4-14-7-11-16(12-8-14)18(19)20/h3-12,19H,1-2H3/q-1. The average Bonchev–Trinajstić information content (AvgIpc) is 2.46. The number of benzene rings is 2. The molecular weight excluding hydrogens is 252 g/mol. The first kappa shape index (κ1) is 14.1. The minimum atomic E-state index is -0.145. The highest BCUT2D eigenvalue weighted by molar-refractivity contribution is 5.71. The molecule has 0 aliphatic heterocycles. The Morgan fingerprint density at radius 3 is 1.55 bits per heavy atom. The van der Waals surface area contributed by atoms with Crippen LogP contribution in [0.2, 0.25) is 0 Å². The predicted molar refractivity (Wildman–Crippen MR) is 83.8 cm³/mol. The third-order valence-electron chi connectivity index (χ3n) is 2.99. The smallest absolute Gasteiger partial charge is 0.0509 e. The molecule has 4 heteroatoms. The van der Waals surface area contributed by atoms with Gasteiger partial charge in [-0.25, -0.2) is 0 Å². The lowest BCUT2D eigenvalue weighted by Gasteiger charge is -2.21. The predicted octanol–water partition coefficient (Wildman–Crippen LogP) is 3.62. The van der Waals surface area contributed by atoms with Gasteiger partial charge in [0.1, 0.15) is 0 Å². The van der Waals surface area contributed by atoms with Crippen LogP contribution < -0.4 is 10.1 Å². The molecule has 2 rings (SSSR count). The average molecular weight is 269 g/mol. The molecule has 0 spiro atoms. The fraction of sp³-hybridized carbons (Fsp3) is 0.125. The van der Waals surface area contributed by atoms with Gasteiger partial charge in [0.05, 0.1) is 5.69 Å². The number of nitrogens with zero attached hydrogens (tertiary/aromatic N) is 2. The molecule has 0 radical (unpaired) electrons. The summed E-state index contributed by atoms with van der Waals surface area (Å²) < 4.78 is 0. The number of anilines is 2. The molecule has 20 heavy (non-hydrogen) atoms. The van der Waals surface area contributed by atoms with Crippen molar-refractivity contribution >= 4 is 23.5 Å². The van der Waals surface area contributed by atoms with Crippen molar-refractivity contribution in [3.63, 3.8) is 0 Å². The molecule has 0 saturated heterocycles. The normalized spacial score (nSPS) is 10.8. The van der Waals surface area contributed by atoms with Crippen LogP contribution in [0.3, 0.4) is 0 Å². The molecule has 0 fully saturated rings. The van der Waals surface area contributed by atoms with Crippen LogP contribution in [0.25, 0.3) is 12.2 Å². The van der Waals surface area contributed by atoms with Crippen molar-refractivity contribution in [1.29, 1.82) is 0 Å². The summed E-state index contributed by atoms with van der Waals surface area (Å²) in [6.45, 7) is 0. The topological polar surface area (TPSA) is 49.8 Å². The first-order chi connectivity index (χ1) is 9.56. The van der Waals surface area contributed by atoms with Gasteiger partial charge in [-0.3, -0.25) is 5.21 Å². The summed E-state index contributed by atoms with van der Waals surface area (Å²) in [7, 11) is 4.01. The van der Waals surface area contributed by atoms with Gasteiger partial charge in [-0.15, -0.1) is 0 Å². The highest BCUT2D eigenvalue weighted by atomic mass is 16.8. The van der Waals surface area contributed by atoms with Crippen LogP contribution >= 0.6 is 0 Å². The Kier molecular flexibility index (Phi) is 4.40. The van der Waals surface area contributed by atoms with Crippen molar-refractivity contribution in [3.05, 3.63) is 64.9 Å². The van der Waals surface area contributed by atoms with Gasteiger partial charge in [0.2, 0.25) is 0 Å². The lowest BCUT2D eigenvalue weighted by Crippen LogP contribution is -2.07. The Bertz CT molecular complexity index is 519. The van der Waals surface area contributed by atoms with Gasteiger partial charge in [0.25, 0.3) is 0 Å². The van der Waals surface area contributed by atoms with Crippen molar-refractivity contribution in [2.24, 2.45) is 0 Å². The first-order valence-corrected chi connectivity index (χ1v) is 6.28. The van der Waals surface area contributed by atoms with Crippen LogP contribution in [0.4, 0.5) is 11.4 Å². The molecule has 0 bridgehead atoms. The Labute approximate surface area is 118 Å². The van der Waals surface area contributed by atoms with Gasteiger partial charge in [0.15, 0.2) is 0 Å². The molecule has 2 aromatic rings. The van der Waals surface area contributed by atoms with E-state index in [1.165, 1.54) is 0 Å². The van der Waals surface area contributed by atoms with Crippen LogP contribution in [0.5, 0.6) is 0 Å². The van der Waals surface area contributed by atoms with Crippen LogP contribution in [-0.4, -0.2) is 19.3 Å². The Morgan fingerprint density at radius 2 is 1.20 bits per heavy atom. The van der Waals surface area contributed by atoms with Gasteiger partial charge in [0, 0.05) is 19.8 Å². The molecule has 1 N–H and O–H groups in total. The summed E-state index contributed by atoms with van der Waals surface area (Å²) in [5.74, 6) is 0. The lowest BCUT2D eigenvalue weighted by atomic mass is 10.1. The summed E-state index contributed by atoms with van der Waals surface area (Å²) in [5, 5.41) is 19.3. The van der Waals surface area contributed by atoms with Crippen molar-refractivity contribution in [2.75, 3.05) is 24.2 Å². The third-order valence-corrected chi connectivity index (χ3v) is 2.99. The number of hydrogen-bond acceptors (Lipinski definition) is 4. The molecule has 2 aromatic carbocycles. The molecule has 0 aliphatic rings. The fourth-order valence-electron chi connectivity index (χ4n) is 1.79. The minimum Gasteiger partial charge on any atom is -0.733 e. The molecule has 0 heterocycles. The summed E-state index contributed by atoms with van der Waals surface area (Å²) in [4.78, 5) is 2.05. The number of rotatable bonds is 4. The van der Waals surface area contributed by atoms with E-state index in [1.54, 1.807) is 24.3 Å².